The lowest BCUT2D eigenvalue weighted by molar-refractivity contribution is 1.41. The average Bonchev–Trinajstić information content (AvgIpc) is 2.62. The summed E-state index contributed by atoms with van der Waals surface area (Å²) in [6, 6.07) is 5.94. The second kappa shape index (κ2) is 3.93. The van der Waals surface area contributed by atoms with Gasteiger partial charge in [0.15, 0.2) is 0 Å². The zero-order valence-corrected chi connectivity index (χ0v) is 10.4. The van der Waals surface area contributed by atoms with Crippen molar-refractivity contribution in [2.75, 3.05) is 0 Å². The number of nitriles is 1. The Labute approximate surface area is 99.9 Å². The zero-order chi connectivity index (χ0) is 10.1. The highest BCUT2D eigenvalue weighted by Crippen LogP contribution is 2.34. The van der Waals surface area contributed by atoms with E-state index in [-0.39, 0.29) is 0 Å². The molecule has 4 heteroatoms. The lowest BCUT2D eigenvalue weighted by Crippen LogP contribution is -1.81. The molecule has 70 valence electrons. The molecule has 0 N–H and O–H groups in total. The normalized spacial score (nSPS) is 10.4. The molecule has 2 rings (SSSR count). The van der Waals surface area contributed by atoms with Crippen molar-refractivity contribution in [2.24, 2.45) is 0 Å². The highest BCUT2D eigenvalue weighted by atomic mass is 79.9. The summed E-state index contributed by atoms with van der Waals surface area (Å²) in [6.45, 7) is 0. The predicted octanol–water partition coefficient (Wildman–Crippen LogP) is 3.96. The Balaban J connectivity index is 2.85. The molecule has 0 aliphatic rings. The van der Waals surface area contributed by atoms with Crippen molar-refractivity contribution >= 4 is 50.0 Å². The molecule has 0 radical (unpaired) electrons. The van der Waals surface area contributed by atoms with Gasteiger partial charge in [0.25, 0.3) is 0 Å². The molecule has 0 aliphatic heterocycles. The molecule has 0 aliphatic carbocycles. The molecule has 0 amide bonds. The summed E-state index contributed by atoms with van der Waals surface area (Å²) in [5, 5.41) is 12.9. The van der Waals surface area contributed by atoms with Crippen LogP contribution >= 0.6 is 39.9 Å². The van der Waals surface area contributed by atoms with Gasteiger partial charge >= 0.3 is 0 Å². The molecule has 1 heterocycles. The maximum absolute atomic E-state index is 8.87. The van der Waals surface area contributed by atoms with Crippen molar-refractivity contribution in [3.05, 3.63) is 28.6 Å². The topological polar surface area (TPSA) is 23.8 Å². The molecular formula is C10H6BrNS2. The number of alkyl halides is 1. The van der Waals surface area contributed by atoms with Crippen LogP contribution in [0.1, 0.15) is 11.1 Å². The lowest BCUT2D eigenvalue weighted by atomic mass is 10.1. The van der Waals surface area contributed by atoms with E-state index < -0.39 is 0 Å². The fraction of sp³-hybridized carbons (Fsp3) is 0.100. The third-order valence-electron chi connectivity index (χ3n) is 2.05. The number of rotatable bonds is 1. The first kappa shape index (κ1) is 10.0. The lowest BCUT2D eigenvalue weighted by Gasteiger charge is -2.00. The van der Waals surface area contributed by atoms with Crippen LogP contribution in [0.3, 0.4) is 0 Å². The van der Waals surface area contributed by atoms with E-state index in [2.05, 4.69) is 40.0 Å². The highest BCUT2D eigenvalue weighted by Gasteiger charge is 2.09. The third-order valence-corrected chi connectivity index (χ3v) is 4.12. The number of thiol groups is 1. The van der Waals surface area contributed by atoms with Crippen LogP contribution in [0.25, 0.3) is 10.1 Å². The van der Waals surface area contributed by atoms with Crippen molar-refractivity contribution in [1.29, 1.82) is 5.26 Å². The van der Waals surface area contributed by atoms with E-state index in [4.69, 9.17) is 5.26 Å². The Hall–Kier alpha value is -0.500. The first-order chi connectivity index (χ1) is 6.77. The van der Waals surface area contributed by atoms with E-state index in [9.17, 15) is 0 Å². The van der Waals surface area contributed by atoms with Gasteiger partial charge in [-0.2, -0.15) is 5.26 Å². The van der Waals surface area contributed by atoms with Crippen molar-refractivity contribution in [2.45, 2.75) is 10.2 Å². The molecule has 1 aromatic heterocycles. The molecule has 0 saturated heterocycles. The van der Waals surface area contributed by atoms with Gasteiger partial charge in [0.1, 0.15) is 6.07 Å². The van der Waals surface area contributed by atoms with Gasteiger partial charge in [0.2, 0.25) is 0 Å². The first-order valence-corrected chi connectivity index (χ1v) is 6.41. The minimum atomic E-state index is 0.640. The van der Waals surface area contributed by atoms with Crippen LogP contribution in [0, 0.1) is 11.3 Å². The number of halogens is 1. The highest BCUT2D eigenvalue weighted by molar-refractivity contribution is 9.08. The van der Waals surface area contributed by atoms with Crippen LogP contribution in [-0.4, -0.2) is 0 Å². The number of benzene rings is 1. The Morgan fingerprint density at radius 3 is 2.93 bits per heavy atom. The van der Waals surface area contributed by atoms with E-state index in [1.54, 1.807) is 11.3 Å². The molecule has 1 aromatic carbocycles. The minimum Gasteiger partial charge on any atom is -0.192 e. The molecule has 0 fully saturated rings. The maximum Gasteiger partial charge on any atom is 0.100 e. The molecule has 0 atom stereocenters. The van der Waals surface area contributed by atoms with E-state index in [1.165, 1.54) is 10.3 Å². The Kier molecular flexibility index (Phi) is 2.82. The third kappa shape index (κ3) is 1.46. The van der Waals surface area contributed by atoms with Crippen molar-refractivity contribution in [1.82, 2.24) is 0 Å². The molecule has 0 bridgehead atoms. The van der Waals surface area contributed by atoms with Gasteiger partial charge in [-0.3, -0.25) is 0 Å². The van der Waals surface area contributed by atoms with E-state index >= 15 is 0 Å². The second-order valence-electron chi connectivity index (χ2n) is 2.84. The SMILES string of the molecule is N#Cc1ccc2scc(CBr)c2c1S. The van der Waals surface area contributed by atoms with E-state index in [0.717, 1.165) is 15.6 Å². The van der Waals surface area contributed by atoms with Gasteiger partial charge in [-0.25, -0.2) is 0 Å². The Bertz CT molecular complexity index is 525. The Morgan fingerprint density at radius 2 is 2.29 bits per heavy atom. The molecule has 0 unspecified atom stereocenters. The summed E-state index contributed by atoms with van der Waals surface area (Å²) >= 11 is 9.51. The average molecular weight is 284 g/mol. The van der Waals surface area contributed by atoms with E-state index in [0.29, 0.717) is 5.56 Å². The summed E-state index contributed by atoms with van der Waals surface area (Å²) in [5.41, 5.74) is 1.84. The fourth-order valence-corrected chi connectivity index (χ4v) is 3.45. The summed E-state index contributed by atoms with van der Waals surface area (Å²) in [7, 11) is 0. The van der Waals surface area contributed by atoms with Crippen LogP contribution < -0.4 is 0 Å². The van der Waals surface area contributed by atoms with Gasteiger partial charge in [0.05, 0.1) is 5.56 Å². The van der Waals surface area contributed by atoms with Crippen LogP contribution in [-0.2, 0) is 5.33 Å². The minimum absolute atomic E-state index is 0.640. The second-order valence-corrected chi connectivity index (χ2v) is 4.76. The zero-order valence-electron chi connectivity index (χ0n) is 7.12. The van der Waals surface area contributed by atoms with Gasteiger partial charge in [-0.15, -0.1) is 24.0 Å². The number of thiophene rings is 1. The molecular weight excluding hydrogens is 278 g/mol. The van der Waals surface area contributed by atoms with Crippen molar-refractivity contribution in [3.8, 4) is 6.07 Å². The fourth-order valence-electron chi connectivity index (χ4n) is 1.36. The monoisotopic (exact) mass is 283 g/mol. The smallest absolute Gasteiger partial charge is 0.100 e. The van der Waals surface area contributed by atoms with Crippen LogP contribution in [0.2, 0.25) is 0 Å². The van der Waals surface area contributed by atoms with Crippen molar-refractivity contribution in [3.63, 3.8) is 0 Å². The molecule has 1 nitrogen and oxygen atoms in total. The summed E-state index contributed by atoms with van der Waals surface area (Å²) in [4.78, 5) is 0.792. The molecule has 0 saturated carbocycles. The van der Waals surface area contributed by atoms with E-state index in [1.807, 2.05) is 12.1 Å². The summed E-state index contributed by atoms with van der Waals surface area (Å²) in [6.07, 6.45) is 0. The quantitative estimate of drug-likeness (QED) is 0.622. The summed E-state index contributed by atoms with van der Waals surface area (Å²) in [5.74, 6) is 0. The number of hydrogen-bond acceptors (Lipinski definition) is 3. The maximum atomic E-state index is 8.87. The first-order valence-electron chi connectivity index (χ1n) is 3.96. The summed E-state index contributed by atoms with van der Waals surface area (Å²) < 4.78 is 1.18. The standard InChI is InChI=1S/C10H6BrNS2/c11-3-7-5-14-8-2-1-6(4-12)10(13)9(7)8/h1-2,5,13H,3H2. The van der Waals surface area contributed by atoms with Gasteiger partial charge in [-0.05, 0) is 23.1 Å². The number of fused-ring (bicyclic) bond motifs is 1. The van der Waals surface area contributed by atoms with Crippen LogP contribution in [0.4, 0.5) is 0 Å². The number of hydrogen-bond donors (Lipinski definition) is 1. The number of nitrogens with zero attached hydrogens (tertiary/aromatic N) is 1. The molecule has 2 aromatic rings. The van der Waals surface area contributed by atoms with Gasteiger partial charge in [-0.1, -0.05) is 15.9 Å². The van der Waals surface area contributed by atoms with Crippen LogP contribution in [0.15, 0.2) is 22.4 Å². The molecule has 0 spiro atoms. The largest absolute Gasteiger partial charge is 0.192 e. The van der Waals surface area contributed by atoms with Gasteiger partial charge < -0.3 is 0 Å². The predicted molar refractivity (Wildman–Crippen MR) is 66.4 cm³/mol. The van der Waals surface area contributed by atoms with Crippen LogP contribution in [0.5, 0.6) is 0 Å². The van der Waals surface area contributed by atoms with Gasteiger partial charge in [0, 0.05) is 20.3 Å². The van der Waals surface area contributed by atoms with Crippen molar-refractivity contribution < 1.29 is 0 Å². The molecule has 14 heavy (non-hydrogen) atoms. The Morgan fingerprint density at radius 1 is 1.50 bits per heavy atom.